The molecule has 0 radical (unpaired) electrons. The molecule has 0 aliphatic carbocycles. The molecule has 2 N–H and O–H groups in total. The number of hydrogen-bond donors (Lipinski definition) is 2. The molecule has 0 saturated carbocycles. The van der Waals surface area contributed by atoms with Crippen molar-refractivity contribution in [2.75, 3.05) is 6.61 Å². The van der Waals surface area contributed by atoms with Gasteiger partial charge in [-0.15, -0.1) is 12.4 Å². The Hall–Kier alpha value is -1.78. The van der Waals surface area contributed by atoms with Gasteiger partial charge in [0.25, 0.3) is 0 Å². The molecule has 114 valence electrons. The van der Waals surface area contributed by atoms with Crippen molar-refractivity contribution in [1.29, 1.82) is 0 Å². The summed E-state index contributed by atoms with van der Waals surface area (Å²) in [7, 11) is 0. The lowest BCUT2D eigenvalue weighted by Crippen LogP contribution is -2.09. The Kier molecular flexibility index (Phi) is 6.00. The highest BCUT2D eigenvalue weighted by Crippen LogP contribution is 2.39. The monoisotopic (exact) mass is 309 g/mol. The molecule has 1 atom stereocenters. The molecule has 0 saturated heterocycles. The number of phenols is 2. The topological polar surface area (TPSA) is 62.6 Å². The minimum absolute atomic E-state index is 0. The smallest absolute Gasteiger partial charge is 0.122 e. The molecule has 0 fully saturated rings. The van der Waals surface area contributed by atoms with Crippen LogP contribution in [-0.2, 0) is 4.74 Å². The van der Waals surface area contributed by atoms with Crippen LogP contribution in [-0.4, -0.2) is 21.8 Å². The minimum Gasteiger partial charge on any atom is -0.508 e. The summed E-state index contributed by atoms with van der Waals surface area (Å²) in [4.78, 5) is 4.09. The van der Waals surface area contributed by atoms with Crippen LogP contribution in [0, 0.1) is 13.8 Å². The minimum atomic E-state index is -0.444. The molecular weight excluding hydrogens is 290 g/mol. The van der Waals surface area contributed by atoms with Crippen LogP contribution in [0.15, 0.2) is 30.6 Å². The van der Waals surface area contributed by atoms with E-state index in [9.17, 15) is 10.2 Å². The number of hydrogen-bond acceptors (Lipinski definition) is 4. The van der Waals surface area contributed by atoms with Crippen molar-refractivity contribution in [3.8, 4) is 11.5 Å². The summed E-state index contributed by atoms with van der Waals surface area (Å²) in [5.74, 6) is 0.312. The average Bonchev–Trinajstić information content (AvgIpc) is 2.45. The lowest BCUT2D eigenvalue weighted by molar-refractivity contribution is 0.0886. The van der Waals surface area contributed by atoms with Gasteiger partial charge in [0.05, 0.1) is 0 Å². The maximum Gasteiger partial charge on any atom is 0.122 e. The van der Waals surface area contributed by atoms with E-state index in [-0.39, 0.29) is 23.9 Å². The molecule has 21 heavy (non-hydrogen) atoms. The van der Waals surface area contributed by atoms with Crippen LogP contribution in [0.4, 0.5) is 0 Å². The van der Waals surface area contributed by atoms with Crippen molar-refractivity contribution in [3.63, 3.8) is 0 Å². The van der Waals surface area contributed by atoms with Crippen LogP contribution < -0.4 is 0 Å². The summed E-state index contributed by atoms with van der Waals surface area (Å²) >= 11 is 0. The Morgan fingerprint density at radius 3 is 2.57 bits per heavy atom. The molecule has 0 bridgehead atoms. The second-order valence-electron chi connectivity index (χ2n) is 4.72. The fourth-order valence-electron chi connectivity index (χ4n) is 2.34. The fraction of sp³-hybridized carbons (Fsp3) is 0.312. The van der Waals surface area contributed by atoms with Crippen LogP contribution >= 0.6 is 12.4 Å². The quantitative estimate of drug-likeness (QED) is 0.846. The number of aromatic nitrogens is 1. The lowest BCUT2D eigenvalue weighted by Gasteiger charge is -2.22. The summed E-state index contributed by atoms with van der Waals surface area (Å²) in [5.41, 5.74) is 2.70. The summed E-state index contributed by atoms with van der Waals surface area (Å²) in [6.45, 7) is 5.92. The molecule has 0 aliphatic heterocycles. The Labute approximate surface area is 130 Å². The number of aromatic hydroxyl groups is 2. The van der Waals surface area contributed by atoms with Gasteiger partial charge in [0.2, 0.25) is 0 Å². The first-order valence-corrected chi connectivity index (χ1v) is 6.59. The fourth-order valence-corrected chi connectivity index (χ4v) is 2.34. The number of nitrogens with zero attached hydrogens (tertiary/aromatic N) is 1. The number of benzene rings is 1. The molecule has 2 rings (SSSR count). The van der Waals surface area contributed by atoms with E-state index in [1.54, 1.807) is 32.3 Å². The van der Waals surface area contributed by atoms with E-state index < -0.39 is 6.10 Å². The van der Waals surface area contributed by atoms with Gasteiger partial charge in [-0.1, -0.05) is 6.07 Å². The molecule has 0 amide bonds. The molecule has 0 spiro atoms. The number of phenolic OH excluding ortho intramolecular Hbond substituents is 2. The standard InChI is InChI=1S/C16H19NO3.ClH/c1-4-20-16(12-6-5-7-17-9-12)14-11(3)15(19)10(2)8-13(14)18;/h5-9,16,18-19H,4H2,1-3H3;1H. The first-order valence-electron chi connectivity index (χ1n) is 6.59. The van der Waals surface area contributed by atoms with E-state index in [0.717, 1.165) is 5.56 Å². The van der Waals surface area contributed by atoms with Gasteiger partial charge in [-0.2, -0.15) is 0 Å². The zero-order valence-electron chi connectivity index (χ0n) is 12.3. The van der Waals surface area contributed by atoms with Gasteiger partial charge < -0.3 is 14.9 Å². The molecule has 1 unspecified atom stereocenters. The molecule has 1 heterocycles. The van der Waals surface area contributed by atoms with Gasteiger partial charge >= 0.3 is 0 Å². The Bertz CT molecular complexity index is 602. The molecule has 5 heteroatoms. The highest BCUT2D eigenvalue weighted by molar-refractivity contribution is 5.85. The van der Waals surface area contributed by atoms with Crippen molar-refractivity contribution in [3.05, 3.63) is 52.8 Å². The summed E-state index contributed by atoms with van der Waals surface area (Å²) in [5, 5.41) is 20.3. The average molecular weight is 310 g/mol. The molecule has 4 nitrogen and oxygen atoms in total. The third-order valence-electron chi connectivity index (χ3n) is 3.34. The summed E-state index contributed by atoms with van der Waals surface area (Å²) in [6.07, 6.45) is 2.95. The van der Waals surface area contributed by atoms with Crippen LogP contribution in [0.3, 0.4) is 0 Å². The second-order valence-corrected chi connectivity index (χ2v) is 4.72. The molecule has 0 aliphatic rings. The van der Waals surface area contributed by atoms with E-state index in [1.807, 2.05) is 19.1 Å². The SMILES string of the molecule is CCOC(c1cccnc1)c1c(O)cc(C)c(O)c1C.Cl. The van der Waals surface area contributed by atoms with E-state index in [2.05, 4.69) is 4.98 Å². The Balaban J connectivity index is 0.00000220. The zero-order chi connectivity index (χ0) is 14.7. The van der Waals surface area contributed by atoms with Gasteiger partial charge in [0.15, 0.2) is 0 Å². The van der Waals surface area contributed by atoms with Crippen LogP contribution in [0.2, 0.25) is 0 Å². The van der Waals surface area contributed by atoms with Crippen LogP contribution in [0.1, 0.15) is 35.3 Å². The maximum absolute atomic E-state index is 10.2. The van der Waals surface area contributed by atoms with E-state index in [1.165, 1.54) is 0 Å². The first kappa shape index (κ1) is 17.3. The Morgan fingerprint density at radius 1 is 1.29 bits per heavy atom. The largest absolute Gasteiger partial charge is 0.508 e. The first-order chi connectivity index (χ1) is 9.56. The molecule has 1 aromatic heterocycles. The predicted molar refractivity (Wildman–Crippen MR) is 84.2 cm³/mol. The third-order valence-corrected chi connectivity index (χ3v) is 3.34. The lowest BCUT2D eigenvalue weighted by atomic mass is 9.94. The van der Waals surface area contributed by atoms with Gasteiger partial charge in [-0.3, -0.25) is 4.98 Å². The normalized spacial score (nSPS) is 11.8. The van der Waals surface area contributed by atoms with Crippen LogP contribution in [0.5, 0.6) is 11.5 Å². The highest BCUT2D eigenvalue weighted by atomic mass is 35.5. The van der Waals surface area contributed by atoms with E-state index in [4.69, 9.17) is 4.74 Å². The number of halogens is 1. The number of rotatable bonds is 4. The number of ether oxygens (including phenoxy) is 1. The second kappa shape index (κ2) is 7.29. The predicted octanol–water partition coefficient (Wildman–Crippen LogP) is 3.66. The van der Waals surface area contributed by atoms with Crippen LogP contribution in [0.25, 0.3) is 0 Å². The van der Waals surface area contributed by atoms with Gasteiger partial charge in [0, 0.05) is 35.7 Å². The highest BCUT2D eigenvalue weighted by Gasteiger charge is 2.23. The summed E-state index contributed by atoms with van der Waals surface area (Å²) < 4.78 is 5.76. The van der Waals surface area contributed by atoms with Crippen molar-refractivity contribution in [2.45, 2.75) is 26.9 Å². The van der Waals surface area contributed by atoms with Crippen molar-refractivity contribution >= 4 is 12.4 Å². The number of aryl methyl sites for hydroxylation is 1. The van der Waals surface area contributed by atoms with Crippen molar-refractivity contribution < 1.29 is 14.9 Å². The molecule has 2 aromatic rings. The van der Waals surface area contributed by atoms with E-state index >= 15 is 0 Å². The maximum atomic E-state index is 10.2. The van der Waals surface area contributed by atoms with Gasteiger partial charge in [-0.05, 0) is 38.5 Å². The third kappa shape index (κ3) is 3.46. The van der Waals surface area contributed by atoms with E-state index in [0.29, 0.717) is 23.3 Å². The Morgan fingerprint density at radius 2 is 2.00 bits per heavy atom. The van der Waals surface area contributed by atoms with Gasteiger partial charge in [-0.25, -0.2) is 0 Å². The zero-order valence-corrected chi connectivity index (χ0v) is 13.1. The van der Waals surface area contributed by atoms with Crippen molar-refractivity contribution in [1.82, 2.24) is 4.98 Å². The van der Waals surface area contributed by atoms with Gasteiger partial charge in [0.1, 0.15) is 17.6 Å². The molecular formula is C16H20ClNO3. The summed E-state index contributed by atoms with van der Waals surface area (Å²) in [6, 6.07) is 5.27. The van der Waals surface area contributed by atoms with Crippen molar-refractivity contribution in [2.24, 2.45) is 0 Å². The molecule has 1 aromatic carbocycles. The number of pyridine rings is 1.